The van der Waals surface area contributed by atoms with Crippen LogP contribution in [-0.2, 0) is 16.1 Å². The fourth-order valence-corrected chi connectivity index (χ4v) is 2.02. The molecule has 0 bridgehead atoms. The van der Waals surface area contributed by atoms with Crippen molar-refractivity contribution in [1.82, 2.24) is 10.2 Å². The van der Waals surface area contributed by atoms with E-state index in [2.05, 4.69) is 5.32 Å². The Morgan fingerprint density at radius 2 is 1.95 bits per heavy atom. The van der Waals surface area contributed by atoms with E-state index in [9.17, 15) is 9.59 Å². The van der Waals surface area contributed by atoms with E-state index in [1.165, 1.54) is 6.92 Å². The van der Waals surface area contributed by atoms with Crippen LogP contribution in [0.1, 0.15) is 25.3 Å². The normalized spacial score (nSPS) is 14.0. The zero-order chi connectivity index (χ0) is 13.8. The van der Waals surface area contributed by atoms with Gasteiger partial charge in [-0.3, -0.25) is 9.59 Å². The average Bonchev–Trinajstić information content (AvgIpc) is 3.19. The highest BCUT2D eigenvalue weighted by Gasteiger charge is 2.31. The van der Waals surface area contributed by atoms with Gasteiger partial charge in [0.15, 0.2) is 0 Å². The van der Waals surface area contributed by atoms with Gasteiger partial charge in [0, 0.05) is 24.5 Å². The Morgan fingerprint density at radius 3 is 2.47 bits per heavy atom. The molecule has 2 rings (SSSR count). The first-order valence-electron chi connectivity index (χ1n) is 6.34. The smallest absolute Gasteiger partial charge is 0.239 e. The number of hydrogen-bond donors (Lipinski definition) is 1. The molecular weight excluding hydrogens is 264 g/mol. The minimum absolute atomic E-state index is 0.0378. The quantitative estimate of drug-likeness (QED) is 0.896. The lowest BCUT2D eigenvalue weighted by Crippen LogP contribution is -2.40. The number of carbonyl (C=O) groups is 2. The number of nitrogens with one attached hydrogen (secondary N) is 1. The van der Waals surface area contributed by atoms with Crippen LogP contribution in [0, 0.1) is 0 Å². The first-order valence-corrected chi connectivity index (χ1v) is 6.72. The molecule has 1 saturated carbocycles. The maximum absolute atomic E-state index is 11.8. The maximum atomic E-state index is 11.8. The Balaban J connectivity index is 1.80. The van der Waals surface area contributed by atoms with E-state index in [0.29, 0.717) is 11.6 Å². The molecule has 1 aromatic rings. The van der Waals surface area contributed by atoms with Gasteiger partial charge in [-0.2, -0.15) is 0 Å². The Kier molecular flexibility index (Phi) is 4.43. The van der Waals surface area contributed by atoms with Crippen LogP contribution in [0.2, 0.25) is 5.02 Å². The highest BCUT2D eigenvalue weighted by molar-refractivity contribution is 6.30. The van der Waals surface area contributed by atoms with Crippen molar-refractivity contribution >= 4 is 23.4 Å². The summed E-state index contributed by atoms with van der Waals surface area (Å²) < 4.78 is 0. The van der Waals surface area contributed by atoms with Crippen LogP contribution in [0.15, 0.2) is 24.3 Å². The molecule has 0 radical (unpaired) electrons. The van der Waals surface area contributed by atoms with Crippen molar-refractivity contribution in [1.29, 1.82) is 0 Å². The van der Waals surface area contributed by atoms with E-state index >= 15 is 0 Å². The van der Waals surface area contributed by atoms with Crippen molar-refractivity contribution in [2.24, 2.45) is 0 Å². The Hall–Kier alpha value is -1.55. The largest absolute Gasteiger partial charge is 0.350 e. The number of carbonyl (C=O) groups excluding carboxylic acids is 2. The van der Waals surface area contributed by atoms with E-state index in [1.54, 1.807) is 17.0 Å². The molecular formula is C14H17ClN2O2. The molecule has 0 saturated heterocycles. The fourth-order valence-electron chi connectivity index (χ4n) is 1.90. The second kappa shape index (κ2) is 6.06. The Labute approximate surface area is 117 Å². The molecule has 0 aliphatic heterocycles. The molecule has 1 N–H and O–H groups in total. The molecule has 102 valence electrons. The molecule has 1 aliphatic carbocycles. The summed E-state index contributed by atoms with van der Waals surface area (Å²) >= 11 is 5.79. The molecule has 2 amide bonds. The molecule has 1 aliphatic rings. The van der Waals surface area contributed by atoms with Crippen LogP contribution in [0.5, 0.6) is 0 Å². The predicted octanol–water partition coefficient (Wildman–Crippen LogP) is 1.97. The fraction of sp³-hybridized carbons (Fsp3) is 0.429. The lowest BCUT2D eigenvalue weighted by molar-refractivity contribution is -0.134. The monoisotopic (exact) mass is 280 g/mol. The van der Waals surface area contributed by atoms with Crippen molar-refractivity contribution in [3.05, 3.63) is 34.9 Å². The summed E-state index contributed by atoms with van der Waals surface area (Å²) in [6.07, 6.45) is 2.01. The summed E-state index contributed by atoms with van der Waals surface area (Å²) in [6.45, 7) is 2.10. The third kappa shape index (κ3) is 4.24. The first-order chi connectivity index (χ1) is 9.06. The topological polar surface area (TPSA) is 49.4 Å². The van der Waals surface area contributed by atoms with Crippen LogP contribution in [0.3, 0.4) is 0 Å². The maximum Gasteiger partial charge on any atom is 0.239 e. The molecule has 1 aromatic carbocycles. The van der Waals surface area contributed by atoms with Crippen molar-refractivity contribution in [3.8, 4) is 0 Å². The van der Waals surface area contributed by atoms with Crippen molar-refractivity contribution in [2.75, 3.05) is 6.54 Å². The number of benzene rings is 1. The number of hydrogen-bond acceptors (Lipinski definition) is 2. The molecule has 0 unspecified atom stereocenters. The second-order valence-electron chi connectivity index (χ2n) is 4.78. The minimum atomic E-state index is -0.128. The van der Waals surface area contributed by atoms with Gasteiger partial charge in [0.2, 0.25) is 11.8 Å². The molecule has 0 heterocycles. The van der Waals surface area contributed by atoms with E-state index in [0.717, 1.165) is 18.4 Å². The first kappa shape index (κ1) is 13.9. The molecule has 0 atom stereocenters. The predicted molar refractivity (Wildman–Crippen MR) is 73.7 cm³/mol. The van der Waals surface area contributed by atoms with Crippen LogP contribution in [-0.4, -0.2) is 29.3 Å². The van der Waals surface area contributed by atoms with Gasteiger partial charge in [0.25, 0.3) is 0 Å². The Bertz CT molecular complexity index is 469. The van der Waals surface area contributed by atoms with Gasteiger partial charge in [-0.05, 0) is 30.5 Å². The molecule has 0 aromatic heterocycles. The highest BCUT2D eigenvalue weighted by atomic mass is 35.5. The van der Waals surface area contributed by atoms with Gasteiger partial charge in [-0.25, -0.2) is 0 Å². The van der Waals surface area contributed by atoms with E-state index in [-0.39, 0.29) is 24.4 Å². The zero-order valence-electron chi connectivity index (χ0n) is 10.9. The molecule has 19 heavy (non-hydrogen) atoms. The number of rotatable bonds is 5. The van der Waals surface area contributed by atoms with E-state index < -0.39 is 0 Å². The standard InChI is InChI=1S/C14H17ClN2O2/c1-10(18)17(13-6-7-13)9-14(19)16-8-11-2-4-12(15)5-3-11/h2-5,13H,6-9H2,1H3,(H,16,19). The van der Waals surface area contributed by atoms with Gasteiger partial charge in [0.05, 0.1) is 6.54 Å². The summed E-state index contributed by atoms with van der Waals surface area (Å²) in [5.74, 6) is -0.166. The molecule has 0 spiro atoms. The summed E-state index contributed by atoms with van der Waals surface area (Å²) in [4.78, 5) is 24.8. The van der Waals surface area contributed by atoms with E-state index in [4.69, 9.17) is 11.6 Å². The van der Waals surface area contributed by atoms with Crippen molar-refractivity contribution in [2.45, 2.75) is 32.4 Å². The lowest BCUT2D eigenvalue weighted by atomic mass is 10.2. The van der Waals surface area contributed by atoms with Crippen molar-refractivity contribution in [3.63, 3.8) is 0 Å². The number of halogens is 1. The second-order valence-corrected chi connectivity index (χ2v) is 5.22. The van der Waals surface area contributed by atoms with Crippen LogP contribution in [0.4, 0.5) is 0 Å². The third-order valence-corrected chi connectivity index (χ3v) is 3.36. The summed E-state index contributed by atoms with van der Waals surface area (Å²) in [5.41, 5.74) is 0.985. The lowest BCUT2D eigenvalue weighted by Gasteiger charge is -2.19. The third-order valence-electron chi connectivity index (χ3n) is 3.11. The van der Waals surface area contributed by atoms with Crippen molar-refractivity contribution < 1.29 is 9.59 Å². The van der Waals surface area contributed by atoms with Gasteiger partial charge in [-0.1, -0.05) is 23.7 Å². The molecule has 4 nitrogen and oxygen atoms in total. The number of amides is 2. The molecule has 1 fully saturated rings. The summed E-state index contributed by atoms with van der Waals surface area (Å²) in [6, 6.07) is 7.57. The molecule has 5 heteroatoms. The van der Waals surface area contributed by atoms with Gasteiger partial charge in [-0.15, -0.1) is 0 Å². The Morgan fingerprint density at radius 1 is 1.32 bits per heavy atom. The van der Waals surface area contributed by atoms with Gasteiger partial charge >= 0.3 is 0 Å². The van der Waals surface area contributed by atoms with Gasteiger partial charge in [0.1, 0.15) is 0 Å². The summed E-state index contributed by atoms with van der Waals surface area (Å²) in [5, 5.41) is 3.48. The SMILES string of the molecule is CC(=O)N(CC(=O)NCc1ccc(Cl)cc1)C1CC1. The van der Waals surface area contributed by atoms with Crippen LogP contribution in [0.25, 0.3) is 0 Å². The zero-order valence-corrected chi connectivity index (χ0v) is 11.6. The van der Waals surface area contributed by atoms with Crippen LogP contribution < -0.4 is 5.32 Å². The highest BCUT2D eigenvalue weighted by Crippen LogP contribution is 2.26. The average molecular weight is 281 g/mol. The summed E-state index contributed by atoms with van der Waals surface area (Å²) in [7, 11) is 0. The van der Waals surface area contributed by atoms with Crippen LogP contribution >= 0.6 is 11.6 Å². The number of nitrogens with zero attached hydrogens (tertiary/aromatic N) is 1. The van der Waals surface area contributed by atoms with E-state index in [1.807, 2.05) is 12.1 Å². The minimum Gasteiger partial charge on any atom is -0.350 e. The van der Waals surface area contributed by atoms with Gasteiger partial charge < -0.3 is 10.2 Å².